The zero-order valence-electron chi connectivity index (χ0n) is 12.1. The third-order valence-corrected chi connectivity index (χ3v) is 4.37. The fourth-order valence-electron chi connectivity index (χ4n) is 3.05. The van der Waals surface area contributed by atoms with Crippen molar-refractivity contribution in [3.8, 4) is 11.5 Å². The molecule has 3 heteroatoms. The molecular weight excluding hydrogens is 240 g/mol. The van der Waals surface area contributed by atoms with Gasteiger partial charge in [0.05, 0.1) is 19.8 Å². The van der Waals surface area contributed by atoms with Crippen molar-refractivity contribution in [1.29, 1.82) is 0 Å². The molecule has 3 nitrogen and oxygen atoms in total. The third kappa shape index (κ3) is 2.86. The average Bonchev–Trinajstić information content (AvgIpc) is 2.47. The fourth-order valence-corrected chi connectivity index (χ4v) is 3.05. The van der Waals surface area contributed by atoms with Crippen molar-refractivity contribution in [3.05, 3.63) is 23.8 Å². The summed E-state index contributed by atoms with van der Waals surface area (Å²) >= 11 is 0. The van der Waals surface area contributed by atoms with E-state index in [4.69, 9.17) is 9.47 Å². The van der Waals surface area contributed by atoms with Gasteiger partial charge in [0.1, 0.15) is 0 Å². The summed E-state index contributed by atoms with van der Waals surface area (Å²) < 4.78 is 10.6. The van der Waals surface area contributed by atoms with Crippen molar-refractivity contribution in [3.63, 3.8) is 0 Å². The second-order valence-electron chi connectivity index (χ2n) is 5.55. The van der Waals surface area contributed by atoms with Gasteiger partial charge in [-0.25, -0.2) is 0 Å². The van der Waals surface area contributed by atoms with Crippen LogP contribution in [0.15, 0.2) is 18.2 Å². The molecule has 0 aliphatic heterocycles. The Kier molecular flexibility index (Phi) is 4.35. The summed E-state index contributed by atoms with van der Waals surface area (Å²) in [5.74, 6) is 1.71. The third-order valence-electron chi connectivity index (χ3n) is 4.37. The van der Waals surface area contributed by atoms with E-state index in [0.29, 0.717) is 17.4 Å². The Balaban J connectivity index is 2.28. The molecule has 0 amide bonds. The minimum atomic E-state index is -0.792. The van der Waals surface area contributed by atoms with E-state index < -0.39 is 5.60 Å². The van der Waals surface area contributed by atoms with Gasteiger partial charge < -0.3 is 14.6 Å². The summed E-state index contributed by atoms with van der Waals surface area (Å²) in [6, 6.07) is 5.70. The van der Waals surface area contributed by atoms with Crippen molar-refractivity contribution >= 4 is 0 Å². The van der Waals surface area contributed by atoms with Crippen LogP contribution in [0.1, 0.15) is 44.6 Å². The molecule has 0 radical (unpaired) electrons. The summed E-state index contributed by atoms with van der Waals surface area (Å²) in [7, 11) is 3.24. The lowest BCUT2D eigenvalue weighted by Crippen LogP contribution is -2.33. The Labute approximate surface area is 115 Å². The lowest BCUT2D eigenvalue weighted by molar-refractivity contribution is -0.0216. The number of hydrogen-bond donors (Lipinski definition) is 1. The Hall–Kier alpha value is -1.22. The molecule has 19 heavy (non-hydrogen) atoms. The Morgan fingerprint density at radius 2 is 1.68 bits per heavy atom. The lowest BCUT2D eigenvalue weighted by Gasteiger charge is -2.36. The van der Waals surface area contributed by atoms with E-state index in [9.17, 15) is 5.11 Å². The molecule has 1 saturated carbocycles. The van der Waals surface area contributed by atoms with Gasteiger partial charge in [-0.2, -0.15) is 0 Å². The van der Waals surface area contributed by atoms with Crippen LogP contribution in [-0.4, -0.2) is 19.3 Å². The van der Waals surface area contributed by atoms with Crippen molar-refractivity contribution in [2.45, 2.75) is 44.6 Å². The van der Waals surface area contributed by atoms with Crippen LogP contribution in [0.4, 0.5) is 0 Å². The maximum atomic E-state index is 10.9. The van der Waals surface area contributed by atoms with E-state index in [1.807, 2.05) is 25.1 Å². The highest BCUT2D eigenvalue weighted by molar-refractivity contribution is 5.44. The maximum Gasteiger partial charge on any atom is 0.161 e. The highest BCUT2D eigenvalue weighted by Crippen LogP contribution is 2.41. The van der Waals surface area contributed by atoms with Crippen molar-refractivity contribution in [2.24, 2.45) is 5.92 Å². The van der Waals surface area contributed by atoms with Crippen molar-refractivity contribution < 1.29 is 14.6 Å². The summed E-state index contributed by atoms with van der Waals surface area (Å²) in [4.78, 5) is 0. The SMILES string of the molecule is COc1ccc(C(C)(O)C2CCCCC2)cc1OC. The molecule has 2 rings (SSSR count). The molecule has 0 aromatic heterocycles. The van der Waals surface area contributed by atoms with Crippen LogP contribution in [0.3, 0.4) is 0 Å². The largest absolute Gasteiger partial charge is 0.493 e. The van der Waals surface area contributed by atoms with Crippen LogP contribution >= 0.6 is 0 Å². The van der Waals surface area contributed by atoms with E-state index in [2.05, 4.69) is 0 Å². The molecule has 1 atom stereocenters. The van der Waals surface area contributed by atoms with Crippen LogP contribution in [0.2, 0.25) is 0 Å². The summed E-state index contributed by atoms with van der Waals surface area (Å²) in [6.45, 7) is 1.92. The first-order valence-electron chi connectivity index (χ1n) is 7.04. The highest BCUT2D eigenvalue weighted by Gasteiger charge is 2.34. The maximum absolute atomic E-state index is 10.9. The standard InChI is InChI=1S/C16H24O3/c1-16(17,12-7-5-4-6-8-12)13-9-10-14(18-2)15(11-13)19-3/h9-12,17H,4-8H2,1-3H3. The molecule has 0 saturated heterocycles. The first-order chi connectivity index (χ1) is 9.09. The monoisotopic (exact) mass is 264 g/mol. The summed E-state index contributed by atoms with van der Waals surface area (Å²) in [5, 5.41) is 10.9. The second-order valence-corrected chi connectivity index (χ2v) is 5.55. The minimum absolute atomic E-state index is 0.333. The smallest absolute Gasteiger partial charge is 0.161 e. The quantitative estimate of drug-likeness (QED) is 0.904. The van der Waals surface area contributed by atoms with Gasteiger partial charge in [-0.1, -0.05) is 25.3 Å². The van der Waals surface area contributed by atoms with Gasteiger partial charge in [-0.15, -0.1) is 0 Å². The molecule has 1 fully saturated rings. The first kappa shape index (κ1) is 14.2. The van der Waals surface area contributed by atoms with E-state index in [0.717, 1.165) is 18.4 Å². The number of rotatable bonds is 4. The molecule has 1 aliphatic carbocycles. The van der Waals surface area contributed by atoms with Crippen LogP contribution < -0.4 is 9.47 Å². The molecule has 1 unspecified atom stereocenters. The molecule has 0 spiro atoms. The number of aliphatic hydroxyl groups is 1. The van der Waals surface area contributed by atoms with Gasteiger partial charge in [0.25, 0.3) is 0 Å². The molecule has 0 heterocycles. The van der Waals surface area contributed by atoms with Crippen molar-refractivity contribution in [1.82, 2.24) is 0 Å². The van der Waals surface area contributed by atoms with E-state index in [1.54, 1.807) is 14.2 Å². The van der Waals surface area contributed by atoms with Crippen LogP contribution in [-0.2, 0) is 5.60 Å². The van der Waals surface area contributed by atoms with Crippen LogP contribution in [0.5, 0.6) is 11.5 Å². The number of methoxy groups -OCH3 is 2. The second kappa shape index (κ2) is 5.83. The number of hydrogen-bond acceptors (Lipinski definition) is 3. The van der Waals surface area contributed by atoms with Gasteiger partial charge in [0.2, 0.25) is 0 Å². The first-order valence-corrected chi connectivity index (χ1v) is 7.04. The normalized spacial score (nSPS) is 19.8. The summed E-state index contributed by atoms with van der Waals surface area (Å²) in [5.41, 5.74) is 0.122. The van der Waals surface area contributed by atoms with Crippen LogP contribution in [0, 0.1) is 5.92 Å². The predicted molar refractivity (Wildman–Crippen MR) is 75.7 cm³/mol. The molecular formula is C16H24O3. The molecule has 1 N–H and O–H groups in total. The Bertz CT molecular complexity index is 420. The summed E-state index contributed by atoms with van der Waals surface area (Å²) in [6.07, 6.45) is 5.92. The molecule has 106 valence electrons. The zero-order chi connectivity index (χ0) is 13.9. The molecule has 1 aromatic carbocycles. The number of benzene rings is 1. The average molecular weight is 264 g/mol. The molecule has 0 bridgehead atoms. The Morgan fingerprint density at radius 3 is 2.26 bits per heavy atom. The van der Waals surface area contributed by atoms with Gasteiger partial charge >= 0.3 is 0 Å². The van der Waals surface area contributed by atoms with Gasteiger partial charge in [-0.05, 0) is 43.4 Å². The van der Waals surface area contributed by atoms with Gasteiger partial charge in [0.15, 0.2) is 11.5 Å². The minimum Gasteiger partial charge on any atom is -0.493 e. The fraction of sp³-hybridized carbons (Fsp3) is 0.625. The van der Waals surface area contributed by atoms with E-state index in [1.165, 1.54) is 19.3 Å². The van der Waals surface area contributed by atoms with Gasteiger partial charge in [-0.3, -0.25) is 0 Å². The zero-order valence-corrected chi connectivity index (χ0v) is 12.1. The van der Waals surface area contributed by atoms with Crippen molar-refractivity contribution in [2.75, 3.05) is 14.2 Å². The molecule has 1 aromatic rings. The predicted octanol–water partition coefficient (Wildman–Crippen LogP) is 3.49. The Morgan fingerprint density at radius 1 is 1.05 bits per heavy atom. The van der Waals surface area contributed by atoms with E-state index >= 15 is 0 Å². The number of ether oxygens (including phenoxy) is 2. The topological polar surface area (TPSA) is 38.7 Å². The van der Waals surface area contributed by atoms with Crippen LogP contribution in [0.25, 0.3) is 0 Å². The highest BCUT2D eigenvalue weighted by atomic mass is 16.5. The van der Waals surface area contributed by atoms with E-state index in [-0.39, 0.29) is 0 Å². The molecule has 1 aliphatic rings. The lowest BCUT2D eigenvalue weighted by atomic mass is 9.74. The van der Waals surface area contributed by atoms with Gasteiger partial charge in [0, 0.05) is 0 Å².